The predicted molar refractivity (Wildman–Crippen MR) is 106 cm³/mol. The molecule has 1 fully saturated rings. The molecule has 2 atom stereocenters. The average Bonchev–Trinajstić information content (AvgIpc) is 3.27. The van der Waals surface area contributed by atoms with Crippen molar-refractivity contribution in [2.75, 3.05) is 18.4 Å². The van der Waals surface area contributed by atoms with E-state index < -0.39 is 0 Å². The van der Waals surface area contributed by atoms with Gasteiger partial charge in [0.05, 0.1) is 17.4 Å². The van der Waals surface area contributed by atoms with Crippen molar-refractivity contribution >= 4 is 17.5 Å². The minimum absolute atomic E-state index is 0.207. The molecule has 0 saturated carbocycles. The number of rotatable bonds is 5. The molecular formula is C19H22ClN7. The van der Waals surface area contributed by atoms with Gasteiger partial charge in [0.25, 0.3) is 0 Å². The average molecular weight is 384 g/mol. The minimum atomic E-state index is 0.207. The highest BCUT2D eigenvalue weighted by atomic mass is 35.5. The molecule has 0 bridgehead atoms. The van der Waals surface area contributed by atoms with Gasteiger partial charge >= 0.3 is 0 Å². The normalized spacial score (nSPS) is 19.4. The number of nitrogens with zero attached hydrogens (tertiary/aromatic N) is 4. The smallest absolute Gasteiger partial charge is 0.223 e. The first-order chi connectivity index (χ1) is 13.1. The van der Waals surface area contributed by atoms with Crippen molar-refractivity contribution in [2.45, 2.75) is 13.0 Å². The van der Waals surface area contributed by atoms with Crippen LogP contribution in [0.25, 0.3) is 11.3 Å². The van der Waals surface area contributed by atoms with E-state index >= 15 is 0 Å². The standard InChI is InChI=1S/C19H22ClN7/c1-12-16(11-27(2)26-12)17-7-8-21-19(24-17)22-9-14-10-23-25-18(14)13-3-5-15(20)6-4-13/h3-8,11,14,18,23,25H,9-10H2,1-2H3,(H,21,22,24). The van der Waals surface area contributed by atoms with Crippen molar-refractivity contribution in [1.29, 1.82) is 0 Å². The number of hydrogen-bond acceptors (Lipinski definition) is 6. The van der Waals surface area contributed by atoms with E-state index in [0.29, 0.717) is 11.9 Å². The molecule has 1 saturated heterocycles. The number of hydrazine groups is 1. The van der Waals surface area contributed by atoms with Crippen LogP contribution in [0.2, 0.25) is 5.02 Å². The number of hydrogen-bond donors (Lipinski definition) is 3. The third kappa shape index (κ3) is 3.95. The molecule has 1 aliphatic heterocycles. The van der Waals surface area contributed by atoms with Crippen LogP contribution >= 0.6 is 11.6 Å². The summed E-state index contributed by atoms with van der Waals surface area (Å²) in [6, 6.07) is 10.1. The van der Waals surface area contributed by atoms with Crippen LogP contribution in [0.4, 0.5) is 5.95 Å². The molecule has 140 valence electrons. The van der Waals surface area contributed by atoms with Crippen LogP contribution in [0.5, 0.6) is 0 Å². The Bertz CT molecular complexity index is 922. The second-order valence-electron chi connectivity index (χ2n) is 6.76. The zero-order chi connectivity index (χ0) is 18.8. The SMILES string of the molecule is Cc1nn(C)cc1-c1ccnc(NCC2CNNC2c2ccc(Cl)cc2)n1. The van der Waals surface area contributed by atoms with Crippen LogP contribution in [0.1, 0.15) is 17.3 Å². The Morgan fingerprint density at radius 2 is 2.07 bits per heavy atom. The van der Waals surface area contributed by atoms with E-state index in [9.17, 15) is 0 Å². The molecule has 3 heterocycles. The molecule has 27 heavy (non-hydrogen) atoms. The van der Waals surface area contributed by atoms with E-state index in [0.717, 1.165) is 35.1 Å². The van der Waals surface area contributed by atoms with Gasteiger partial charge in [0.2, 0.25) is 5.95 Å². The summed E-state index contributed by atoms with van der Waals surface area (Å²) in [6.45, 7) is 3.60. The Labute approximate surface area is 163 Å². The first-order valence-corrected chi connectivity index (χ1v) is 9.29. The highest BCUT2D eigenvalue weighted by Gasteiger charge is 2.28. The Hall–Kier alpha value is -2.48. The van der Waals surface area contributed by atoms with Crippen LogP contribution in [-0.2, 0) is 7.05 Å². The highest BCUT2D eigenvalue weighted by Crippen LogP contribution is 2.26. The van der Waals surface area contributed by atoms with Crippen molar-refractivity contribution in [3.63, 3.8) is 0 Å². The van der Waals surface area contributed by atoms with Gasteiger partial charge in [-0.3, -0.25) is 10.1 Å². The van der Waals surface area contributed by atoms with Crippen LogP contribution in [0.3, 0.4) is 0 Å². The summed E-state index contributed by atoms with van der Waals surface area (Å²) in [7, 11) is 1.91. The van der Waals surface area contributed by atoms with Gasteiger partial charge in [-0.25, -0.2) is 15.4 Å². The van der Waals surface area contributed by atoms with E-state index in [2.05, 4.69) is 43.4 Å². The fourth-order valence-corrected chi connectivity index (χ4v) is 3.54. The van der Waals surface area contributed by atoms with Crippen molar-refractivity contribution < 1.29 is 0 Å². The first kappa shape index (κ1) is 17.9. The maximum absolute atomic E-state index is 6.00. The van der Waals surface area contributed by atoms with Crippen molar-refractivity contribution in [3.05, 3.63) is 59.0 Å². The molecular weight excluding hydrogens is 362 g/mol. The Morgan fingerprint density at radius 3 is 2.81 bits per heavy atom. The minimum Gasteiger partial charge on any atom is -0.354 e. The first-order valence-electron chi connectivity index (χ1n) is 8.91. The van der Waals surface area contributed by atoms with Crippen molar-refractivity contribution in [3.8, 4) is 11.3 Å². The fourth-order valence-electron chi connectivity index (χ4n) is 3.42. The molecule has 7 nitrogen and oxygen atoms in total. The molecule has 8 heteroatoms. The maximum atomic E-state index is 6.00. The number of aromatic nitrogens is 4. The summed E-state index contributed by atoms with van der Waals surface area (Å²) in [5.41, 5.74) is 10.6. The highest BCUT2D eigenvalue weighted by molar-refractivity contribution is 6.30. The van der Waals surface area contributed by atoms with Gasteiger partial charge in [-0.05, 0) is 30.7 Å². The second kappa shape index (κ2) is 7.64. The lowest BCUT2D eigenvalue weighted by molar-refractivity contribution is 0.492. The van der Waals surface area contributed by atoms with Gasteiger partial charge in [0.15, 0.2) is 0 Å². The maximum Gasteiger partial charge on any atom is 0.223 e. The third-order valence-corrected chi connectivity index (χ3v) is 5.04. The summed E-state index contributed by atoms with van der Waals surface area (Å²) in [6.07, 6.45) is 3.75. The topological polar surface area (TPSA) is 79.7 Å². The molecule has 0 radical (unpaired) electrons. The van der Waals surface area contributed by atoms with Crippen molar-refractivity contribution in [2.24, 2.45) is 13.0 Å². The number of halogens is 1. The Balaban J connectivity index is 1.46. The lowest BCUT2D eigenvalue weighted by Gasteiger charge is -2.19. The zero-order valence-electron chi connectivity index (χ0n) is 15.3. The quantitative estimate of drug-likeness (QED) is 0.628. The van der Waals surface area contributed by atoms with E-state index in [-0.39, 0.29) is 6.04 Å². The zero-order valence-corrected chi connectivity index (χ0v) is 16.0. The Kier molecular flexibility index (Phi) is 5.07. The number of anilines is 1. The fraction of sp³-hybridized carbons (Fsp3) is 0.316. The molecule has 2 unspecified atom stereocenters. The molecule has 3 N–H and O–H groups in total. The molecule has 1 aromatic carbocycles. The van der Waals surface area contributed by atoms with E-state index in [4.69, 9.17) is 11.6 Å². The number of nitrogens with one attached hydrogen (secondary N) is 3. The summed E-state index contributed by atoms with van der Waals surface area (Å²) in [4.78, 5) is 9.02. The lowest BCUT2D eigenvalue weighted by Crippen LogP contribution is -2.26. The molecule has 0 amide bonds. The molecule has 0 aliphatic carbocycles. The largest absolute Gasteiger partial charge is 0.354 e. The molecule has 4 rings (SSSR count). The van der Waals surface area contributed by atoms with Gasteiger partial charge in [0, 0.05) is 49.0 Å². The number of benzene rings is 1. The lowest BCUT2D eigenvalue weighted by atomic mass is 9.95. The predicted octanol–water partition coefficient (Wildman–Crippen LogP) is 2.72. The Morgan fingerprint density at radius 1 is 1.26 bits per heavy atom. The van der Waals surface area contributed by atoms with E-state index in [1.807, 2.05) is 38.4 Å². The van der Waals surface area contributed by atoms with Gasteiger partial charge in [-0.15, -0.1) is 0 Å². The molecule has 0 spiro atoms. The van der Waals surface area contributed by atoms with Gasteiger partial charge in [0.1, 0.15) is 0 Å². The summed E-state index contributed by atoms with van der Waals surface area (Å²) in [5, 5.41) is 8.51. The summed E-state index contributed by atoms with van der Waals surface area (Å²) in [5.74, 6) is 0.982. The number of aryl methyl sites for hydroxylation is 2. The third-order valence-electron chi connectivity index (χ3n) is 4.79. The molecule has 1 aliphatic rings. The van der Waals surface area contributed by atoms with Crippen LogP contribution in [0.15, 0.2) is 42.7 Å². The van der Waals surface area contributed by atoms with E-state index in [1.165, 1.54) is 5.56 Å². The van der Waals surface area contributed by atoms with Crippen LogP contribution in [0, 0.1) is 12.8 Å². The molecule has 3 aromatic rings. The molecule has 2 aromatic heterocycles. The van der Waals surface area contributed by atoms with Gasteiger partial charge < -0.3 is 5.32 Å². The second-order valence-corrected chi connectivity index (χ2v) is 7.20. The van der Waals surface area contributed by atoms with Crippen LogP contribution in [-0.4, -0.2) is 32.8 Å². The van der Waals surface area contributed by atoms with Gasteiger partial charge in [-0.1, -0.05) is 23.7 Å². The summed E-state index contributed by atoms with van der Waals surface area (Å²) >= 11 is 6.00. The van der Waals surface area contributed by atoms with Crippen LogP contribution < -0.4 is 16.2 Å². The van der Waals surface area contributed by atoms with Gasteiger partial charge in [-0.2, -0.15) is 5.10 Å². The van der Waals surface area contributed by atoms with E-state index in [1.54, 1.807) is 10.9 Å². The van der Waals surface area contributed by atoms with Crippen molar-refractivity contribution in [1.82, 2.24) is 30.6 Å². The summed E-state index contributed by atoms with van der Waals surface area (Å²) < 4.78 is 1.80. The monoisotopic (exact) mass is 383 g/mol.